The Morgan fingerprint density at radius 1 is 1.15 bits per heavy atom. The molecular weight excluding hydrogens is 350 g/mol. The highest BCUT2D eigenvalue weighted by Crippen LogP contribution is 2.35. The molecule has 2 aromatic carbocycles. The second-order valence-corrected chi connectivity index (χ2v) is 6.07. The topological polar surface area (TPSA) is 85.3 Å². The van der Waals surface area contributed by atoms with Gasteiger partial charge < -0.3 is 24.2 Å². The van der Waals surface area contributed by atoms with E-state index in [4.69, 9.17) is 14.2 Å². The fourth-order valence-electron chi connectivity index (χ4n) is 3.13. The van der Waals surface area contributed by atoms with E-state index >= 15 is 0 Å². The maximum absolute atomic E-state index is 12.9. The van der Waals surface area contributed by atoms with Crippen LogP contribution in [0, 0.1) is 0 Å². The van der Waals surface area contributed by atoms with Gasteiger partial charge in [0.1, 0.15) is 5.75 Å². The SMILES string of the molecule is COc1cccc(CCC(=O)N2C[C@H](C(=O)O)Oc3ccccc32)c1OC. The van der Waals surface area contributed by atoms with Crippen LogP contribution in [0.4, 0.5) is 5.69 Å². The summed E-state index contributed by atoms with van der Waals surface area (Å²) in [5.41, 5.74) is 1.43. The number of aliphatic carboxylic acids is 1. The van der Waals surface area contributed by atoms with Gasteiger partial charge in [-0.15, -0.1) is 0 Å². The zero-order valence-corrected chi connectivity index (χ0v) is 15.2. The number of carboxylic acid groups (broad SMARTS) is 1. The average Bonchev–Trinajstić information content (AvgIpc) is 2.70. The van der Waals surface area contributed by atoms with E-state index in [0.29, 0.717) is 29.4 Å². The predicted molar refractivity (Wildman–Crippen MR) is 98.7 cm³/mol. The Hall–Kier alpha value is -3.22. The van der Waals surface area contributed by atoms with Gasteiger partial charge in [0.05, 0.1) is 26.5 Å². The highest BCUT2D eigenvalue weighted by atomic mass is 16.5. The molecule has 0 bridgehead atoms. The Bertz CT molecular complexity index is 850. The van der Waals surface area contributed by atoms with Crippen molar-refractivity contribution in [2.75, 3.05) is 25.7 Å². The smallest absolute Gasteiger partial charge is 0.346 e. The van der Waals surface area contributed by atoms with Crippen LogP contribution in [0.15, 0.2) is 42.5 Å². The fraction of sp³-hybridized carbons (Fsp3) is 0.300. The number of amides is 1. The minimum Gasteiger partial charge on any atom is -0.493 e. The quantitative estimate of drug-likeness (QED) is 0.840. The molecule has 0 saturated heterocycles. The van der Waals surface area contributed by atoms with Crippen molar-refractivity contribution in [2.45, 2.75) is 18.9 Å². The Morgan fingerprint density at radius 2 is 1.93 bits per heavy atom. The Balaban J connectivity index is 1.79. The summed E-state index contributed by atoms with van der Waals surface area (Å²) < 4.78 is 16.2. The minimum absolute atomic E-state index is 0.0274. The van der Waals surface area contributed by atoms with Crippen LogP contribution < -0.4 is 19.1 Å². The van der Waals surface area contributed by atoms with E-state index in [1.807, 2.05) is 12.1 Å². The van der Waals surface area contributed by atoms with Gasteiger partial charge in [0.2, 0.25) is 12.0 Å². The number of ether oxygens (including phenoxy) is 3. The number of carboxylic acids is 1. The van der Waals surface area contributed by atoms with Crippen LogP contribution in [-0.2, 0) is 16.0 Å². The molecule has 0 fully saturated rings. The number of rotatable bonds is 6. The first-order chi connectivity index (χ1) is 13.0. The molecule has 0 saturated carbocycles. The molecule has 7 nitrogen and oxygen atoms in total. The first-order valence-corrected chi connectivity index (χ1v) is 8.54. The Labute approximate surface area is 157 Å². The zero-order valence-electron chi connectivity index (χ0n) is 15.2. The van der Waals surface area contributed by atoms with Crippen molar-refractivity contribution >= 4 is 17.6 Å². The molecule has 27 heavy (non-hydrogen) atoms. The molecule has 1 aliphatic rings. The van der Waals surface area contributed by atoms with Gasteiger partial charge in [-0.3, -0.25) is 4.79 Å². The van der Waals surface area contributed by atoms with E-state index in [1.165, 1.54) is 4.90 Å². The third kappa shape index (κ3) is 3.81. The van der Waals surface area contributed by atoms with Crippen LogP contribution in [-0.4, -0.2) is 43.9 Å². The summed E-state index contributed by atoms with van der Waals surface area (Å²) in [5.74, 6) is 0.311. The summed E-state index contributed by atoms with van der Waals surface area (Å²) >= 11 is 0. The summed E-state index contributed by atoms with van der Waals surface area (Å²) in [4.78, 5) is 25.7. The molecule has 1 N–H and O–H groups in total. The number of nitrogens with zero attached hydrogens (tertiary/aromatic N) is 1. The van der Waals surface area contributed by atoms with E-state index in [2.05, 4.69) is 0 Å². The number of aryl methyl sites for hydroxylation is 1. The number of anilines is 1. The van der Waals surface area contributed by atoms with Crippen LogP contribution in [0.5, 0.6) is 17.2 Å². The van der Waals surface area contributed by atoms with Gasteiger partial charge in [-0.2, -0.15) is 0 Å². The number of para-hydroxylation sites is 3. The molecule has 2 aromatic rings. The van der Waals surface area contributed by atoms with Crippen molar-refractivity contribution in [3.63, 3.8) is 0 Å². The molecule has 142 valence electrons. The largest absolute Gasteiger partial charge is 0.493 e. The predicted octanol–water partition coefficient (Wildman–Crippen LogP) is 2.52. The average molecular weight is 371 g/mol. The maximum atomic E-state index is 12.9. The second-order valence-electron chi connectivity index (χ2n) is 6.07. The van der Waals surface area contributed by atoms with Crippen LogP contribution in [0.2, 0.25) is 0 Å². The van der Waals surface area contributed by atoms with Gasteiger partial charge >= 0.3 is 5.97 Å². The lowest BCUT2D eigenvalue weighted by Crippen LogP contribution is -2.47. The van der Waals surface area contributed by atoms with Crippen molar-refractivity contribution in [2.24, 2.45) is 0 Å². The molecule has 1 amide bonds. The van der Waals surface area contributed by atoms with Crippen LogP contribution >= 0.6 is 0 Å². The minimum atomic E-state index is -1.10. The third-order valence-electron chi connectivity index (χ3n) is 4.44. The van der Waals surface area contributed by atoms with E-state index in [1.54, 1.807) is 44.6 Å². The van der Waals surface area contributed by atoms with Crippen molar-refractivity contribution < 1.29 is 28.9 Å². The van der Waals surface area contributed by atoms with E-state index in [-0.39, 0.29) is 18.9 Å². The Kier molecular flexibility index (Phi) is 5.49. The summed E-state index contributed by atoms with van der Waals surface area (Å²) in [5, 5.41) is 9.30. The van der Waals surface area contributed by atoms with Crippen LogP contribution in [0.1, 0.15) is 12.0 Å². The number of carbonyl (C=O) groups is 2. The molecule has 3 rings (SSSR count). The van der Waals surface area contributed by atoms with Crippen molar-refractivity contribution in [1.29, 1.82) is 0 Å². The van der Waals surface area contributed by atoms with Crippen molar-refractivity contribution in [3.8, 4) is 17.2 Å². The monoisotopic (exact) mass is 371 g/mol. The van der Waals surface area contributed by atoms with Gasteiger partial charge in [-0.25, -0.2) is 4.79 Å². The van der Waals surface area contributed by atoms with Gasteiger partial charge in [0, 0.05) is 6.42 Å². The van der Waals surface area contributed by atoms with Gasteiger partial charge in [-0.05, 0) is 30.2 Å². The van der Waals surface area contributed by atoms with Gasteiger partial charge in [0.25, 0.3) is 0 Å². The van der Waals surface area contributed by atoms with Gasteiger partial charge in [0.15, 0.2) is 11.5 Å². The number of fused-ring (bicyclic) bond motifs is 1. The molecule has 0 aromatic heterocycles. The lowest BCUT2D eigenvalue weighted by molar-refractivity contribution is -0.145. The molecule has 1 atom stereocenters. The molecule has 0 spiro atoms. The lowest BCUT2D eigenvalue weighted by Gasteiger charge is -2.33. The summed E-state index contributed by atoms with van der Waals surface area (Å²) in [6.07, 6.45) is -0.448. The Morgan fingerprint density at radius 3 is 2.63 bits per heavy atom. The second kappa shape index (κ2) is 7.99. The van der Waals surface area contributed by atoms with E-state index in [9.17, 15) is 14.7 Å². The number of hydrogen-bond acceptors (Lipinski definition) is 5. The molecule has 0 radical (unpaired) electrons. The molecule has 7 heteroatoms. The summed E-state index contributed by atoms with van der Waals surface area (Å²) in [6.45, 7) is -0.0274. The number of carbonyl (C=O) groups excluding carboxylic acids is 1. The molecule has 1 aliphatic heterocycles. The standard InChI is InChI=1S/C20H21NO6/c1-25-16-9-5-6-13(19(16)26-2)10-11-18(22)21-12-17(20(23)24)27-15-8-4-3-7-14(15)21/h3-9,17H,10-12H2,1-2H3,(H,23,24)/t17-/m1/s1. The highest BCUT2D eigenvalue weighted by Gasteiger charge is 2.33. The molecular formula is C20H21NO6. The highest BCUT2D eigenvalue weighted by molar-refractivity contribution is 5.96. The van der Waals surface area contributed by atoms with E-state index < -0.39 is 12.1 Å². The van der Waals surface area contributed by atoms with Crippen molar-refractivity contribution in [1.82, 2.24) is 0 Å². The molecule has 1 heterocycles. The maximum Gasteiger partial charge on any atom is 0.346 e. The number of methoxy groups -OCH3 is 2. The fourth-order valence-corrected chi connectivity index (χ4v) is 3.13. The van der Waals surface area contributed by atoms with E-state index in [0.717, 1.165) is 5.56 Å². The first-order valence-electron chi connectivity index (χ1n) is 8.54. The third-order valence-corrected chi connectivity index (χ3v) is 4.44. The lowest BCUT2D eigenvalue weighted by atomic mass is 10.1. The first kappa shape index (κ1) is 18.6. The van der Waals surface area contributed by atoms with Crippen LogP contribution in [0.25, 0.3) is 0 Å². The summed E-state index contributed by atoms with van der Waals surface area (Å²) in [7, 11) is 3.11. The van der Waals surface area contributed by atoms with Crippen LogP contribution in [0.3, 0.4) is 0 Å². The normalized spacial score (nSPS) is 15.5. The van der Waals surface area contributed by atoms with Crippen molar-refractivity contribution in [3.05, 3.63) is 48.0 Å². The molecule has 0 aliphatic carbocycles. The molecule has 0 unspecified atom stereocenters. The number of benzene rings is 2. The summed E-state index contributed by atoms with van der Waals surface area (Å²) in [6, 6.07) is 12.4. The number of hydrogen-bond donors (Lipinski definition) is 1. The zero-order chi connectivity index (χ0) is 19.4. The van der Waals surface area contributed by atoms with Gasteiger partial charge in [-0.1, -0.05) is 24.3 Å².